The van der Waals surface area contributed by atoms with Crippen molar-refractivity contribution in [1.29, 1.82) is 0 Å². The summed E-state index contributed by atoms with van der Waals surface area (Å²) < 4.78 is 0. The average Bonchev–Trinajstić information content (AvgIpc) is 2.53. The molecule has 2 aromatic heterocycles. The van der Waals surface area contributed by atoms with Gasteiger partial charge in [-0.3, -0.25) is 4.98 Å². The first-order valence-electron chi connectivity index (χ1n) is 6.17. The van der Waals surface area contributed by atoms with Crippen LogP contribution in [0, 0.1) is 0 Å². The largest absolute Gasteiger partial charge is 0.409 e. The quantitative estimate of drug-likeness (QED) is 0.352. The van der Waals surface area contributed by atoms with Crippen LogP contribution in [0.2, 0.25) is 0 Å². The summed E-state index contributed by atoms with van der Waals surface area (Å²) in [5.74, 6) is 0.923. The summed E-state index contributed by atoms with van der Waals surface area (Å²) in [5, 5.41) is 19.6. The molecule has 0 saturated heterocycles. The maximum absolute atomic E-state index is 8.61. The van der Waals surface area contributed by atoms with Gasteiger partial charge in [0, 0.05) is 38.1 Å². The van der Waals surface area contributed by atoms with Crippen LogP contribution in [0.1, 0.15) is 12.0 Å². The maximum atomic E-state index is 8.61. The second-order valence-electron chi connectivity index (χ2n) is 4.21. The van der Waals surface area contributed by atoms with Crippen LogP contribution in [-0.2, 0) is 6.54 Å². The molecule has 0 aromatic carbocycles. The van der Waals surface area contributed by atoms with Gasteiger partial charge in [-0.1, -0.05) is 11.2 Å². The van der Waals surface area contributed by atoms with Crippen molar-refractivity contribution in [2.45, 2.75) is 13.0 Å². The Balaban J connectivity index is 2.12. The third kappa shape index (κ3) is 3.91. The van der Waals surface area contributed by atoms with Crippen molar-refractivity contribution >= 4 is 11.7 Å². The third-order valence-corrected chi connectivity index (χ3v) is 2.74. The minimum absolute atomic E-state index is 0.185. The molecule has 0 amide bonds. The molecule has 0 fully saturated rings. The summed E-state index contributed by atoms with van der Waals surface area (Å²) in [6.07, 6.45) is 5.59. The van der Waals surface area contributed by atoms with Gasteiger partial charge in [0.1, 0.15) is 5.84 Å². The Labute approximate surface area is 116 Å². The number of pyridine rings is 1. The highest BCUT2D eigenvalue weighted by Crippen LogP contribution is 2.13. The van der Waals surface area contributed by atoms with Crippen LogP contribution < -0.4 is 10.6 Å². The van der Waals surface area contributed by atoms with E-state index >= 15 is 0 Å². The number of amidine groups is 1. The van der Waals surface area contributed by atoms with Crippen molar-refractivity contribution in [3.8, 4) is 0 Å². The summed E-state index contributed by atoms with van der Waals surface area (Å²) in [5.41, 5.74) is 6.57. The minimum atomic E-state index is 0.185. The summed E-state index contributed by atoms with van der Waals surface area (Å²) in [6, 6.07) is 7.56. The number of oxime groups is 1. The van der Waals surface area contributed by atoms with Gasteiger partial charge in [-0.25, -0.2) is 0 Å². The van der Waals surface area contributed by atoms with Crippen LogP contribution in [0.15, 0.2) is 48.0 Å². The molecule has 2 rings (SSSR count). The van der Waals surface area contributed by atoms with E-state index in [9.17, 15) is 0 Å². The summed E-state index contributed by atoms with van der Waals surface area (Å²) in [7, 11) is 0. The number of nitrogens with zero attached hydrogens (tertiary/aromatic N) is 5. The smallest absolute Gasteiger partial charge is 0.151 e. The van der Waals surface area contributed by atoms with Crippen LogP contribution in [0.25, 0.3) is 0 Å². The normalized spacial score (nSPS) is 11.3. The van der Waals surface area contributed by atoms with Gasteiger partial charge >= 0.3 is 0 Å². The molecule has 0 radical (unpaired) electrons. The number of anilines is 1. The Morgan fingerprint density at radius 3 is 2.80 bits per heavy atom. The zero-order chi connectivity index (χ0) is 14.2. The second-order valence-corrected chi connectivity index (χ2v) is 4.21. The molecule has 0 unspecified atom stereocenters. The van der Waals surface area contributed by atoms with E-state index in [1.54, 1.807) is 18.6 Å². The van der Waals surface area contributed by atoms with Crippen molar-refractivity contribution in [2.75, 3.05) is 11.4 Å². The second kappa shape index (κ2) is 7.03. The van der Waals surface area contributed by atoms with Crippen LogP contribution in [0.4, 0.5) is 5.82 Å². The van der Waals surface area contributed by atoms with Gasteiger partial charge in [-0.2, -0.15) is 5.10 Å². The molecular weight excluding hydrogens is 256 g/mol. The van der Waals surface area contributed by atoms with E-state index in [0.717, 1.165) is 11.4 Å². The lowest BCUT2D eigenvalue weighted by molar-refractivity contribution is 0.317. The summed E-state index contributed by atoms with van der Waals surface area (Å²) in [4.78, 5) is 6.09. The van der Waals surface area contributed by atoms with E-state index in [0.29, 0.717) is 19.5 Å². The van der Waals surface area contributed by atoms with Crippen LogP contribution in [0.3, 0.4) is 0 Å². The zero-order valence-corrected chi connectivity index (χ0v) is 10.9. The predicted molar refractivity (Wildman–Crippen MR) is 75.3 cm³/mol. The molecule has 2 heterocycles. The Morgan fingerprint density at radius 2 is 2.15 bits per heavy atom. The van der Waals surface area contributed by atoms with E-state index < -0.39 is 0 Å². The zero-order valence-electron chi connectivity index (χ0n) is 10.9. The van der Waals surface area contributed by atoms with Crippen molar-refractivity contribution in [1.82, 2.24) is 15.2 Å². The van der Waals surface area contributed by atoms with Gasteiger partial charge in [0.05, 0.1) is 0 Å². The Kier molecular flexibility index (Phi) is 4.82. The summed E-state index contributed by atoms with van der Waals surface area (Å²) in [6.45, 7) is 1.20. The number of nitrogens with two attached hydrogens (primary N) is 1. The van der Waals surface area contributed by atoms with Crippen molar-refractivity contribution in [3.63, 3.8) is 0 Å². The Morgan fingerprint density at radius 1 is 1.30 bits per heavy atom. The molecule has 0 aliphatic rings. The van der Waals surface area contributed by atoms with E-state index in [-0.39, 0.29) is 5.84 Å². The van der Waals surface area contributed by atoms with Crippen LogP contribution >= 0.6 is 0 Å². The van der Waals surface area contributed by atoms with E-state index in [2.05, 4.69) is 20.3 Å². The SMILES string of the molecule is NC(CCN(Cc1cccnc1)c1cccnn1)=NO. The maximum Gasteiger partial charge on any atom is 0.151 e. The van der Waals surface area contributed by atoms with Gasteiger partial charge in [0.25, 0.3) is 0 Å². The lowest BCUT2D eigenvalue weighted by atomic mass is 10.2. The topological polar surface area (TPSA) is 101 Å². The molecule has 0 spiro atoms. The van der Waals surface area contributed by atoms with Crippen molar-refractivity contribution in [2.24, 2.45) is 10.9 Å². The highest BCUT2D eigenvalue weighted by molar-refractivity contribution is 5.80. The molecule has 0 aliphatic carbocycles. The molecule has 7 nitrogen and oxygen atoms in total. The van der Waals surface area contributed by atoms with E-state index in [1.165, 1.54) is 0 Å². The molecule has 0 atom stereocenters. The lowest BCUT2D eigenvalue weighted by Gasteiger charge is -2.22. The van der Waals surface area contributed by atoms with Crippen molar-refractivity contribution < 1.29 is 5.21 Å². The van der Waals surface area contributed by atoms with E-state index in [4.69, 9.17) is 10.9 Å². The lowest BCUT2D eigenvalue weighted by Crippen LogP contribution is -2.28. The molecule has 2 aromatic rings. The minimum Gasteiger partial charge on any atom is -0.409 e. The molecule has 0 saturated carbocycles. The molecular formula is C13H16N6O. The highest BCUT2D eigenvalue weighted by Gasteiger charge is 2.10. The van der Waals surface area contributed by atoms with Crippen molar-refractivity contribution in [3.05, 3.63) is 48.4 Å². The predicted octanol–water partition coefficient (Wildman–Crippen LogP) is 1.01. The number of aromatic nitrogens is 3. The molecule has 0 bridgehead atoms. The molecule has 0 aliphatic heterocycles. The fourth-order valence-corrected chi connectivity index (χ4v) is 1.75. The molecule has 20 heavy (non-hydrogen) atoms. The number of rotatable bonds is 6. The number of hydrogen-bond donors (Lipinski definition) is 2. The first-order valence-corrected chi connectivity index (χ1v) is 6.17. The standard InChI is InChI=1S/C13H16N6O/c14-12(18-20)5-8-19(13-4-2-7-16-17-13)10-11-3-1-6-15-9-11/h1-4,6-7,9,20H,5,8,10H2,(H2,14,18). The fourth-order valence-electron chi connectivity index (χ4n) is 1.75. The van der Waals surface area contributed by atoms with Gasteiger partial charge in [-0.05, 0) is 23.8 Å². The molecule has 104 valence electrons. The highest BCUT2D eigenvalue weighted by atomic mass is 16.4. The fraction of sp³-hybridized carbons (Fsp3) is 0.231. The van der Waals surface area contributed by atoms with Crippen LogP contribution in [-0.4, -0.2) is 32.8 Å². The monoisotopic (exact) mass is 272 g/mol. The molecule has 7 heteroatoms. The van der Waals surface area contributed by atoms with Crippen LogP contribution in [0.5, 0.6) is 0 Å². The summed E-state index contributed by atoms with van der Waals surface area (Å²) >= 11 is 0. The molecule has 3 N–H and O–H groups in total. The van der Waals surface area contributed by atoms with E-state index in [1.807, 2.05) is 29.2 Å². The average molecular weight is 272 g/mol. The number of hydrogen-bond acceptors (Lipinski definition) is 6. The van der Waals surface area contributed by atoms with Gasteiger partial charge in [-0.15, -0.1) is 5.10 Å². The van der Waals surface area contributed by atoms with Gasteiger partial charge < -0.3 is 15.8 Å². The first kappa shape index (κ1) is 13.7. The van der Waals surface area contributed by atoms with Gasteiger partial charge in [0.2, 0.25) is 0 Å². The first-order chi connectivity index (χ1) is 9.79. The Hall–Kier alpha value is -2.70. The van der Waals surface area contributed by atoms with Gasteiger partial charge in [0.15, 0.2) is 5.82 Å². The Bertz CT molecular complexity index is 545. The third-order valence-electron chi connectivity index (χ3n) is 2.74.